The summed E-state index contributed by atoms with van der Waals surface area (Å²) in [6.45, 7) is -0.373. The summed E-state index contributed by atoms with van der Waals surface area (Å²) in [4.78, 5) is 0. The van der Waals surface area contributed by atoms with Crippen molar-refractivity contribution in [3.8, 4) is 0 Å². The average Bonchev–Trinajstić information content (AvgIpc) is 2.86. The summed E-state index contributed by atoms with van der Waals surface area (Å²) in [6.07, 6.45) is -25.0. The molecule has 0 aromatic rings. The number of methoxy groups -OCH3 is 1. The van der Waals surface area contributed by atoms with Crippen LogP contribution in [0.15, 0.2) is 0 Å². The molecule has 0 radical (unpaired) electrons. The van der Waals surface area contributed by atoms with Crippen molar-refractivity contribution in [3.05, 3.63) is 0 Å². The van der Waals surface area contributed by atoms with Gasteiger partial charge in [0.2, 0.25) is 0 Å². The summed E-state index contributed by atoms with van der Waals surface area (Å²) in [6, 6.07) is 0. The molecule has 3 fully saturated rings. The lowest BCUT2D eigenvalue weighted by Crippen LogP contribution is -2.67. The van der Waals surface area contributed by atoms with E-state index in [9.17, 15) is 49.3 Å². The van der Waals surface area contributed by atoms with Crippen LogP contribution in [0.4, 0.5) is 0 Å². The Bertz CT molecular complexity index is 859. The van der Waals surface area contributed by atoms with Crippen LogP contribution < -0.4 is 0 Å². The highest BCUT2D eigenvalue weighted by Crippen LogP contribution is 2.34. The molecule has 18 nitrogen and oxygen atoms in total. The van der Waals surface area contributed by atoms with Crippen LogP contribution >= 0.6 is 0 Å². The lowest BCUT2D eigenvalue weighted by Gasteiger charge is -2.48. The molecule has 0 saturated carbocycles. The maximum atomic E-state index is 11.1. The van der Waals surface area contributed by atoms with Gasteiger partial charge in [0.15, 0.2) is 18.9 Å². The Balaban J connectivity index is 1.87. The van der Waals surface area contributed by atoms with E-state index in [0.717, 1.165) is 0 Å². The van der Waals surface area contributed by atoms with Crippen molar-refractivity contribution in [2.24, 2.45) is 0 Å². The number of aliphatic hydroxyl groups excluding tert-OH is 8. The standard InChI is InChI=1S/C19H34O18S/c1-5-8(22)9(23)11(25)18(32-5)36-16-13(27)17(31-2)33-7(4-21)15(16)35-19-12(26)10(24)14(6(3-20)34-19)37-38(28,29)30/h5-27H,3-4H2,1-2H3,(H,28,29,30)/t5-,6+,7+,8+,9+,10+,11-,12+,13+,14-,15+,16+,17+,18-,19-/m0/s1. The molecule has 0 spiro atoms. The van der Waals surface area contributed by atoms with Crippen molar-refractivity contribution < 1.29 is 86.4 Å². The molecule has 224 valence electrons. The lowest BCUT2D eigenvalue weighted by atomic mass is 9.96. The molecular formula is C19H34O18S. The van der Waals surface area contributed by atoms with Gasteiger partial charge in [-0.3, -0.25) is 4.55 Å². The van der Waals surface area contributed by atoms with Crippen LogP contribution in [-0.2, 0) is 43.0 Å². The van der Waals surface area contributed by atoms with E-state index in [1.807, 2.05) is 0 Å². The third-order valence-electron chi connectivity index (χ3n) is 6.47. The first-order valence-corrected chi connectivity index (χ1v) is 12.9. The number of hydrogen-bond donors (Lipinski definition) is 9. The Morgan fingerprint density at radius 3 is 1.71 bits per heavy atom. The second-order valence-electron chi connectivity index (χ2n) is 9.03. The first-order valence-electron chi connectivity index (χ1n) is 11.5. The Hall–Kier alpha value is -0.690. The molecule has 0 amide bonds. The van der Waals surface area contributed by atoms with E-state index in [-0.39, 0.29) is 0 Å². The molecule has 3 aliphatic heterocycles. The van der Waals surface area contributed by atoms with Crippen molar-refractivity contribution in [2.45, 2.75) is 99.0 Å². The van der Waals surface area contributed by atoms with Gasteiger partial charge < -0.3 is 69.3 Å². The van der Waals surface area contributed by atoms with Gasteiger partial charge >= 0.3 is 10.4 Å². The minimum Gasteiger partial charge on any atom is -0.394 e. The van der Waals surface area contributed by atoms with Gasteiger partial charge in [-0.15, -0.1) is 0 Å². The molecule has 0 aromatic heterocycles. The number of hydrogen-bond acceptors (Lipinski definition) is 17. The first kappa shape index (κ1) is 31.8. The second-order valence-corrected chi connectivity index (χ2v) is 10.1. The highest BCUT2D eigenvalue weighted by molar-refractivity contribution is 7.80. The molecule has 19 heteroatoms. The number of aliphatic hydroxyl groups is 8. The maximum absolute atomic E-state index is 11.1. The van der Waals surface area contributed by atoms with Crippen LogP contribution in [0.1, 0.15) is 6.92 Å². The monoisotopic (exact) mass is 582 g/mol. The zero-order valence-electron chi connectivity index (χ0n) is 20.2. The molecule has 0 aromatic carbocycles. The van der Waals surface area contributed by atoms with E-state index in [2.05, 4.69) is 4.18 Å². The fraction of sp³-hybridized carbons (Fsp3) is 1.00. The average molecular weight is 583 g/mol. The second kappa shape index (κ2) is 12.9. The van der Waals surface area contributed by atoms with E-state index >= 15 is 0 Å². The minimum absolute atomic E-state index is 0.786. The summed E-state index contributed by atoms with van der Waals surface area (Å²) >= 11 is 0. The lowest BCUT2D eigenvalue weighted by molar-refractivity contribution is -0.383. The molecule has 3 saturated heterocycles. The quantitative estimate of drug-likeness (QED) is 0.114. The van der Waals surface area contributed by atoms with Crippen LogP contribution in [0, 0.1) is 0 Å². The molecule has 0 aliphatic carbocycles. The van der Waals surface area contributed by atoms with E-state index in [0.29, 0.717) is 0 Å². The molecule has 9 N–H and O–H groups in total. The van der Waals surface area contributed by atoms with Gasteiger partial charge in [-0.1, -0.05) is 0 Å². The zero-order valence-corrected chi connectivity index (χ0v) is 21.0. The predicted octanol–water partition coefficient (Wildman–Crippen LogP) is -6.06. The van der Waals surface area contributed by atoms with Crippen LogP contribution in [-0.4, -0.2) is 166 Å². The summed E-state index contributed by atoms with van der Waals surface area (Å²) < 4.78 is 68.1. The topological polar surface area (TPSA) is 281 Å². The maximum Gasteiger partial charge on any atom is 0.397 e. The summed E-state index contributed by atoms with van der Waals surface area (Å²) in [5.74, 6) is 0. The van der Waals surface area contributed by atoms with Crippen molar-refractivity contribution in [2.75, 3.05) is 20.3 Å². The molecule has 0 bridgehead atoms. The van der Waals surface area contributed by atoms with Crippen molar-refractivity contribution >= 4 is 10.4 Å². The van der Waals surface area contributed by atoms with Crippen LogP contribution in [0.3, 0.4) is 0 Å². The van der Waals surface area contributed by atoms with E-state index < -0.39 is 116 Å². The predicted molar refractivity (Wildman–Crippen MR) is 115 cm³/mol. The summed E-state index contributed by atoms with van der Waals surface area (Å²) in [5, 5.41) is 81.7. The van der Waals surface area contributed by atoms with E-state index in [1.54, 1.807) is 0 Å². The van der Waals surface area contributed by atoms with Gasteiger partial charge in [0, 0.05) is 7.11 Å². The van der Waals surface area contributed by atoms with Gasteiger partial charge in [-0.2, -0.15) is 8.42 Å². The molecular weight excluding hydrogens is 548 g/mol. The van der Waals surface area contributed by atoms with Gasteiger partial charge in [0.1, 0.15) is 67.1 Å². The highest BCUT2D eigenvalue weighted by Gasteiger charge is 2.54. The Morgan fingerprint density at radius 2 is 1.16 bits per heavy atom. The summed E-state index contributed by atoms with van der Waals surface area (Å²) in [7, 11) is -3.97. The van der Waals surface area contributed by atoms with Crippen LogP contribution in [0.25, 0.3) is 0 Å². The highest BCUT2D eigenvalue weighted by atomic mass is 32.3. The molecule has 3 aliphatic rings. The Kier molecular flexibility index (Phi) is 10.8. The fourth-order valence-corrected chi connectivity index (χ4v) is 4.93. The van der Waals surface area contributed by atoms with Gasteiger partial charge in [-0.25, -0.2) is 4.18 Å². The zero-order chi connectivity index (χ0) is 28.5. The molecule has 0 unspecified atom stereocenters. The SMILES string of the molecule is CO[C@@H]1O[C@H](CO)[C@@H](O[C@@H]2O[C@H](CO)[C@H](OS(=O)(=O)O)[C@H](O)[C@H]2O)[C@H](O[C@@H]2O[C@@H](C)[C@@H](O)[C@@H](O)[C@@H]2O)[C@H]1O. The summed E-state index contributed by atoms with van der Waals surface area (Å²) in [5.41, 5.74) is 0. The molecule has 3 rings (SSSR count). The first-order chi connectivity index (χ1) is 17.7. The van der Waals surface area contributed by atoms with Crippen LogP contribution in [0.5, 0.6) is 0 Å². The minimum atomic E-state index is -5.14. The van der Waals surface area contributed by atoms with Crippen LogP contribution in [0.2, 0.25) is 0 Å². The largest absolute Gasteiger partial charge is 0.397 e. The molecule has 15 atom stereocenters. The Morgan fingerprint density at radius 1 is 0.658 bits per heavy atom. The van der Waals surface area contributed by atoms with E-state index in [1.165, 1.54) is 14.0 Å². The third-order valence-corrected chi connectivity index (χ3v) is 6.94. The number of ether oxygens (including phenoxy) is 6. The third kappa shape index (κ3) is 6.78. The number of rotatable bonds is 9. The smallest absolute Gasteiger partial charge is 0.394 e. The van der Waals surface area contributed by atoms with Gasteiger partial charge in [0.05, 0.1) is 19.3 Å². The normalized spacial score (nSPS) is 48.7. The van der Waals surface area contributed by atoms with Crippen molar-refractivity contribution in [1.82, 2.24) is 0 Å². The molecule has 3 heterocycles. The van der Waals surface area contributed by atoms with Gasteiger partial charge in [0.25, 0.3) is 0 Å². The molecule has 38 heavy (non-hydrogen) atoms. The van der Waals surface area contributed by atoms with Crippen molar-refractivity contribution in [3.63, 3.8) is 0 Å². The van der Waals surface area contributed by atoms with E-state index in [4.69, 9.17) is 33.0 Å². The van der Waals surface area contributed by atoms with Gasteiger partial charge in [-0.05, 0) is 6.92 Å². The Labute approximate surface area is 216 Å². The van der Waals surface area contributed by atoms with Crippen molar-refractivity contribution in [1.29, 1.82) is 0 Å². The fourth-order valence-electron chi connectivity index (χ4n) is 4.42.